The number of benzene rings is 3. The van der Waals surface area contributed by atoms with Crippen LogP contribution in [0.1, 0.15) is 36.8 Å². The van der Waals surface area contributed by atoms with Gasteiger partial charge in [0.1, 0.15) is 0 Å². The second-order valence-corrected chi connectivity index (χ2v) is 8.22. The molecule has 142 valence electrons. The highest BCUT2D eigenvalue weighted by molar-refractivity contribution is 9.10. The van der Waals surface area contributed by atoms with E-state index >= 15 is 0 Å². The van der Waals surface area contributed by atoms with Gasteiger partial charge in [-0.25, -0.2) is 0 Å². The molecular weight excluding hydrogens is 420 g/mol. The quantitative estimate of drug-likeness (QED) is 0.525. The number of hydrogen-bond donors (Lipinski definition) is 2. The van der Waals surface area contributed by atoms with Crippen molar-refractivity contribution in [1.29, 1.82) is 0 Å². The third kappa shape index (κ3) is 3.10. The number of carboxylic acid groups (broad SMARTS) is 2. The first-order chi connectivity index (χ1) is 13.4. The van der Waals surface area contributed by atoms with Gasteiger partial charge in [-0.1, -0.05) is 46.3 Å². The van der Waals surface area contributed by atoms with Crippen LogP contribution in [0.4, 0.5) is 0 Å². The van der Waals surface area contributed by atoms with E-state index in [1.165, 1.54) is 0 Å². The summed E-state index contributed by atoms with van der Waals surface area (Å²) in [7, 11) is 0. The topological polar surface area (TPSA) is 74.6 Å². The molecule has 1 aliphatic rings. The van der Waals surface area contributed by atoms with E-state index in [1.807, 2.05) is 36.4 Å². The van der Waals surface area contributed by atoms with Crippen LogP contribution in [0.25, 0.3) is 21.9 Å². The van der Waals surface area contributed by atoms with Crippen molar-refractivity contribution in [2.24, 2.45) is 0 Å². The molecule has 3 aromatic rings. The van der Waals surface area contributed by atoms with E-state index in [9.17, 15) is 19.8 Å². The minimum atomic E-state index is -0.873. The number of rotatable bonds is 6. The smallest absolute Gasteiger partial charge is 0.303 e. The Kier molecular flexibility index (Phi) is 4.71. The molecule has 0 aliphatic heterocycles. The van der Waals surface area contributed by atoms with Gasteiger partial charge in [-0.2, -0.15) is 0 Å². The number of hydrogen-bond acceptors (Lipinski definition) is 2. The average molecular weight is 439 g/mol. The van der Waals surface area contributed by atoms with Crippen LogP contribution in [0.5, 0.6) is 0 Å². The van der Waals surface area contributed by atoms with E-state index in [0.717, 1.165) is 37.5 Å². The zero-order chi connectivity index (χ0) is 19.9. The Morgan fingerprint density at radius 3 is 1.96 bits per heavy atom. The first-order valence-corrected chi connectivity index (χ1v) is 9.97. The lowest BCUT2D eigenvalue weighted by atomic mass is 9.71. The van der Waals surface area contributed by atoms with Crippen LogP contribution < -0.4 is 0 Å². The lowest BCUT2D eigenvalue weighted by molar-refractivity contribution is -0.137. The fourth-order valence-electron chi connectivity index (χ4n) is 4.47. The third-order valence-corrected chi connectivity index (χ3v) is 6.21. The maximum atomic E-state index is 11.4. The van der Waals surface area contributed by atoms with E-state index in [0.29, 0.717) is 12.8 Å². The molecule has 2 N–H and O–H groups in total. The Morgan fingerprint density at radius 1 is 0.786 bits per heavy atom. The first kappa shape index (κ1) is 18.7. The molecule has 0 saturated heterocycles. The molecule has 0 aromatic heterocycles. The first-order valence-electron chi connectivity index (χ1n) is 9.18. The predicted octanol–water partition coefficient (Wildman–Crippen LogP) is 5.60. The van der Waals surface area contributed by atoms with Crippen molar-refractivity contribution < 1.29 is 19.8 Å². The maximum absolute atomic E-state index is 11.4. The molecule has 5 heteroatoms. The van der Waals surface area contributed by atoms with E-state index in [-0.39, 0.29) is 12.8 Å². The second kappa shape index (κ2) is 7.06. The Hall–Kier alpha value is -2.66. The molecule has 1 aliphatic carbocycles. The van der Waals surface area contributed by atoms with Crippen LogP contribution in [0, 0.1) is 0 Å². The van der Waals surface area contributed by atoms with E-state index < -0.39 is 17.4 Å². The lowest BCUT2D eigenvalue weighted by Crippen LogP contribution is -2.27. The highest BCUT2D eigenvalue weighted by atomic mass is 79.9. The van der Waals surface area contributed by atoms with Crippen LogP contribution in [0.15, 0.2) is 59.1 Å². The van der Waals surface area contributed by atoms with Crippen molar-refractivity contribution in [3.63, 3.8) is 0 Å². The number of fused-ring (bicyclic) bond motifs is 4. The van der Waals surface area contributed by atoms with Crippen LogP contribution in [0.2, 0.25) is 0 Å². The molecule has 0 saturated carbocycles. The minimum absolute atomic E-state index is 0.0125. The van der Waals surface area contributed by atoms with Gasteiger partial charge in [0.05, 0.1) is 0 Å². The molecule has 0 atom stereocenters. The highest BCUT2D eigenvalue weighted by Gasteiger charge is 2.43. The van der Waals surface area contributed by atoms with Gasteiger partial charge < -0.3 is 10.2 Å². The van der Waals surface area contributed by atoms with Gasteiger partial charge in [0.15, 0.2) is 0 Å². The summed E-state index contributed by atoms with van der Waals surface area (Å²) in [5, 5.41) is 20.9. The normalized spacial score (nSPS) is 13.9. The fourth-order valence-corrected chi connectivity index (χ4v) is 4.83. The Bertz CT molecular complexity index is 1080. The monoisotopic (exact) mass is 438 g/mol. The molecule has 0 bridgehead atoms. The molecule has 3 aromatic carbocycles. The van der Waals surface area contributed by atoms with Crippen molar-refractivity contribution in [2.75, 3.05) is 0 Å². The zero-order valence-corrected chi connectivity index (χ0v) is 16.7. The number of carbonyl (C=O) groups is 2. The summed E-state index contributed by atoms with van der Waals surface area (Å²) < 4.78 is 0.942. The summed E-state index contributed by atoms with van der Waals surface area (Å²) in [6, 6.07) is 18.3. The summed E-state index contributed by atoms with van der Waals surface area (Å²) in [5.74, 6) is -1.75. The van der Waals surface area contributed by atoms with E-state index in [2.05, 4.69) is 34.1 Å². The molecule has 0 radical (unpaired) electrons. The number of halogens is 1. The SMILES string of the molecule is O=C(O)CCC1(CCC(=O)O)c2ccc(Br)cc2-c2cc3ccccc3cc21. The Labute approximate surface area is 170 Å². The maximum Gasteiger partial charge on any atom is 0.303 e. The molecule has 0 heterocycles. The van der Waals surface area contributed by atoms with Gasteiger partial charge >= 0.3 is 11.9 Å². The van der Waals surface area contributed by atoms with Crippen LogP contribution in [0.3, 0.4) is 0 Å². The van der Waals surface area contributed by atoms with Crippen LogP contribution >= 0.6 is 15.9 Å². The van der Waals surface area contributed by atoms with Gasteiger partial charge in [0, 0.05) is 22.7 Å². The molecule has 4 rings (SSSR count). The van der Waals surface area contributed by atoms with Crippen molar-refractivity contribution in [2.45, 2.75) is 31.1 Å². The molecule has 0 spiro atoms. The van der Waals surface area contributed by atoms with Crippen molar-refractivity contribution in [3.05, 3.63) is 70.2 Å². The average Bonchev–Trinajstić information content (AvgIpc) is 2.92. The molecule has 4 nitrogen and oxygen atoms in total. The Balaban J connectivity index is 2.00. The summed E-state index contributed by atoms with van der Waals surface area (Å²) in [6.45, 7) is 0. The minimum Gasteiger partial charge on any atom is -0.481 e. The third-order valence-electron chi connectivity index (χ3n) is 5.72. The van der Waals surface area contributed by atoms with Gasteiger partial charge in [-0.3, -0.25) is 9.59 Å². The summed E-state index contributed by atoms with van der Waals surface area (Å²) in [4.78, 5) is 22.8. The number of carboxylic acids is 2. The highest BCUT2D eigenvalue weighted by Crippen LogP contribution is 2.55. The van der Waals surface area contributed by atoms with E-state index in [4.69, 9.17) is 0 Å². The zero-order valence-electron chi connectivity index (χ0n) is 15.1. The summed E-state index contributed by atoms with van der Waals surface area (Å²) in [6.07, 6.45) is 0.716. The largest absolute Gasteiger partial charge is 0.481 e. The molecule has 0 amide bonds. The number of aliphatic carboxylic acids is 2. The van der Waals surface area contributed by atoms with Crippen molar-refractivity contribution in [3.8, 4) is 11.1 Å². The van der Waals surface area contributed by atoms with Gasteiger partial charge in [0.25, 0.3) is 0 Å². The molecule has 0 fully saturated rings. The Morgan fingerprint density at radius 2 is 1.36 bits per heavy atom. The van der Waals surface area contributed by atoms with Gasteiger partial charge in [-0.05, 0) is 70.1 Å². The van der Waals surface area contributed by atoms with Crippen LogP contribution in [-0.2, 0) is 15.0 Å². The van der Waals surface area contributed by atoms with E-state index in [1.54, 1.807) is 0 Å². The van der Waals surface area contributed by atoms with Gasteiger partial charge in [-0.15, -0.1) is 0 Å². The van der Waals surface area contributed by atoms with Crippen LogP contribution in [-0.4, -0.2) is 22.2 Å². The summed E-state index contributed by atoms with van der Waals surface area (Å²) >= 11 is 3.54. The van der Waals surface area contributed by atoms with Gasteiger partial charge in [0.2, 0.25) is 0 Å². The molecule has 0 unspecified atom stereocenters. The van der Waals surface area contributed by atoms with Crippen molar-refractivity contribution >= 4 is 38.6 Å². The van der Waals surface area contributed by atoms with Crippen molar-refractivity contribution in [1.82, 2.24) is 0 Å². The lowest BCUT2D eigenvalue weighted by Gasteiger charge is -2.31. The standard InChI is InChI=1S/C23H19BrO4/c24-16-5-6-19-18(13-16)17-11-14-3-1-2-4-15(14)12-20(17)23(19,9-7-21(25)26)10-8-22(27)28/h1-6,11-13H,7-10H2,(H,25,26)(H,27,28). The fraction of sp³-hybridized carbons (Fsp3) is 0.217. The summed E-state index contributed by atoms with van der Waals surface area (Å²) in [5.41, 5.74) is 3.54. The molecular formula is C23H19BrO4. The predicted molar refractivity (Wildman–Crippen MR) is 112 cm³/mol. The second-order valence-electron chi connectivity index (χ2n) is 7.30. The molecule has 28 heavy (non-hydrogen) atoms.